The van der Waals surface area contributed by atoms with Gasteiger partial charge < -0.3 is 5.32 Å². The third-order valence-electron chi connectivity index (χ3n) is 1.56. The zero-order valence-corrected chi connectivity index (χ0v) is 9.49. The molecule has 0 saturated carbocycles. The molecule has 0 aliphatic heterocycles. The molecule has 0 aromatic heterocycles. The van der Waals surface area contributed by atoms with Crippen LogP contribution in [0.1, 0.15) is 5.56 Å². The van der Waals surface area contributed by atoms with E-state index in [2.05, 4.69) is 15.8 Å². The fraction of sp³-hybridized carbons (Fsp3) is 0.111. The normalized spacial score (nSPS) is 10.3. The van der Waals surface area contributed by atoms with Crippen molar-refractivity contribution < 1.29 is 4.39 Å². The van der Waals surface area contributed by atoms with Crippen molar-refractivity contribution in [2.75, 3.05) is 7.05 Å². The Bertz CT molecular complexity index is 395. The molecule has 1 rings (SSSR count). The minimum absolute atomic E-state index is 0.302. The van der Waals surface area contributed by atoms with Gasteiger partial charge in [0.25, 0.3) is 0 Å². The number of hydrazone groups is 1. The average molecular weight is 246 g/mol. The summed E-state index contributed by atoms with van der Waals surface area (Å²) in [7, 11) is 1.68. The van der Waals surface area contributed by atoms with Gasteiger partial charge in [0.05, 0.1) is 11.2 Å². The molecule has 3 nitrogen and oxygen atoms in total. The molecule has 0 saturated heterocycles. The molecule has 0 radical (unpaired) electrons. The maximum absolute atomic E-state index is 12.7. The van der Waals surface area contributed by atoms with Gasteiger partial charge in [-0.05, 0) is 30.4 Å². The van der Waals surface area contributed by atoms with Crippen LogP contribution in [0.2, 0.25) is 5.02 Å². The summed E-state index contributed by atoms with van der Waals surface area (Å²) in [5.74, 6) is -0.379. The molecular weight excluding hydrogens is 237 g/mol. The lowest BCUT2D eigenvalue weighted by atomic mass is 10.2. The van der Waals surface area contributed by atoms with Gasteiger partial charge in [0.2, 0.25) is 0 Å². The zero-order chi connectivity index (χ0) is 11.3. The van der Waals surface area contributed by atoms with Crippen LogP contribution in [0.5, 0.6) is 0 Å². The predicted octanol–water partition coefficient (Wildman–Crippen LogP) is 1.91. The third kappa shape index (κ3) is 3.81. The van der Waals surface area contributed by atoms with E-state index in [1.54, 1.807) is 7.05 Å². The van der Waals surface area contributed by atoms with Crippen molar-refractivity contribution in [3.05, 3.63) is 34.6 Å². The van der Waals surface area contributed by atoms with Gasteiger partial charge in [-0.1, -0.05) is 11.6 Å². The van der Waals surface area contributed by atoms with Crippen molar-refractivity contribution in [2.24, 2.45) is 5.10 Å². The van der Waals surface area contributed by atoms with E-state index < -0.39 is 0 Å². The second-order valence-electron chi connectivity index (χ2n) is 2.61. The molecule has 0 fully saturated rings. The molecule has 0 aliphatic carbocycles. The Morgan fingerprint density at radius 2 is 2.33 bits per heavy atom. The van der Waals surface area contributed by atoms with E-state index in [9.17, 15) is 4.39 Å². The van der Waals surface area contributed by atoms with Crippen LogP contribution < -0.4 is 10.7 Å². The summed E-state index contributed by atoms with van der Waals surface area (Å²) in [6.07, 6.45) is 1.46. The molecule has 0 heterocycles. The largest absolute Gasteiger partial charge is 0.364 e. The highest BCUT2D eigenvalue weighted by molar-refractivity contribution is 7.80. The number of hydrogen-bond donors (Lipinski definition) is 2. The van der Waals surface area contributed by atoms with Gasteiger partial charge >= 0.3 is 0 Å². The minimum Gasteiger partial charge on any atom is -0.364 e. The molecule has 0 spiro atoms. The van der Waals surface area contributed by atoms with Gasteiger partial charge in [-0.3, -0.25) is 5.43 Å². The highest BCUT2D eigenvalue weighted by Crippen LogP contribution is 2.14. The van der Waals surface area contributed by atoms with Crippen LogP contribution in [-0.2, 0) is 0 Å². The van der Waals surface area contributed by atoms with Crippen molar-refractivity contribution in [2.45, 2.75) is 0 Å². The van der Waals surface area contributed by atoms with E-state index in [0.717, 1.165) is 0 Å². The summed E-state index contributed by atoms with van der Waals surface area (Å²) in [5, 5.41) is 7.20. The Labute approximate surface area is 97.3 Å². The van der Waals surface area contributed by atoms with Crippen LogP contribution in [0.4, 0.5) is 4.39 Å². The molecule has 1 aromatic carbocycles. The quantitative estimate of drug-likeness (QED) is 0.475. The number of thiocarbonyl (C=S) groups is 1. The molecule has 15 heavy (non-hydrogen) atoms. The summed E-state index contributed by atoms with van der Waals surface area (Å²) in [5.41, 5.74) is 3.18. The Morgan fingerprint density at radius 3 is 2.93 bits per heavy atom. The maximum atomic E-state index is 12.7. The Hall–Kier alpha value is -1.20. The molecule has 80 valence electrons. The first-order valence-corrected chi connectivity index (χ1v) is 4.88. The highest BCUT2D eigenvalue weighted by atomic mass is 35.5. The van der Waals surface area contributed by atoms with Gasteiger partial charge in [-0.2, -0.15) is 5.10 Å². The average Bonchev–Trinajstić information content (AvgIpc) is 2.21. The molecular formula is C9H9ClFN3S. The lowest BCUT2D eigenvalue weighted by Crippen LogP contribution is -2.28. The van der Waals surface area contributed by atoms with Gasteiger partial charge in [0.1, 0.15) is 5.82 Å². The monoisotopic (exact) mass is 245 g/mol. The van der Waals surface area contributed by atoms with Crippen molar-refractivity contribution in [3.8, 4) is 0 Å². The fourth-order valence-corrected chi connectivity index (χ4v) is 1.09. The summed E-state index contributed by atoms with van der Waals surface area (Å²) in [6, 6.07) is 4.06. The summed E-state index contributed by atoms with van der Waals surface area (Å²) < 4.78 is 12.7. The van der Waals surface area contributed by atoms with E-state index in [4.69, 9.17) is 23.8 Å². The third-order valence-corrected chi connectivity index (χ3v) is 2.18. The second kappa shape index (κ2) is 5.63. The summed E-state index contributed by atoms with van der Waals surface area (Å²) in [4.78, 5) is 0. The number of hydrogen-bond acceptors (Lipinski definition) is 2. The summed E-state index contributed by atoms with van der Waals surface area (Å²) >= 11 is 10.6. The van der Waals surface area contributed by atoms with Crippen LogP contribution in [0.3, 0.4) is 0 Å². The second-order valence-corrected chi connectivity index (χ2v) is 3.43. The Morgan fingerprint density at radius 1 is 1.60 bits per heavy atom. The van der Waals surface area contributed by atoms with Gasteiger partial charge in [0, 0.05) is 12.6 Å². The lowest BCUT2D eigenvalue weighted by molar-refractivity contribution is 0.628. The van der Waals surface area contributed by atoms with Crippen LogP contribution in [0.15, 0.2) is 23.3 Å². The molecule has 0 atom stereocenters. The van der Waals surface area contributed by atoms with Crippen LogP contribution in [0, 0.1) is 5.82 Å². The van der Waals surface area contributed by atoms with Crippen molar-refractivity contribution in [1.29, 1.82) is 0 Å². The first-order chi connectivity index (χ1) is 7.13. The number of rotatable bonds is 2. The molecule has 1 aromatic rings. The van der Waals surface area contributed by atoms with Crippen LogP contribution in [0.25, 0.3) is 0 Å². The minimum atomic E-state index is -0.379. The predicted molar refractivity (Wildman–Crippen MR) is 63.8 cm³/mol. The molecule has 0 unspecified atom stereocenters. The topological polar surface area (TPSA) is 36.4 Å². The number of nitrogens with zero attached hydrogens (tertiary/aromatic N) is 1. The number of benzene rings is 1. The number of nitrogens with one attached hydrogen (secondary N) is 2. The molecule has 6 heteroatoms. The van der Waals surface area contributed by atoms with E-state index in [0.29, 0.717) is 15.7 Å². The van der Waals surface area contributed by atoms with E-state index >= 15 is 0 Å². The Balaban J connectivity index is 2.68. The SMILES string of the molecule is CNC(=S)N/N=C/c1ccc(F)cc1Cl. The van der Waals surface area contributed by atoms with Gasteiger partial charge in [-0.25, -0.2) is 4.39 Å². The van der Waals surface area contributed by atoms with Crippen LogP contribution in [-0.4, -0.2) is 18.4 Å². The first kappa shape index (κ1) is 11.9. The van der Waals surface area contributed by atoms with Crippen molar-refractivity contribution >= 4 is 35.1 Å². The highest BCUT2D eigenvalue weighted by Gasteiger charge is 1.98. The fourth-order valence-electron chi connectivity index (χ4n) is 0.823. The molecule has 0 amide bonds. The molecule has 0 bridgehead atoms. The lowest BCUT2D eigenvalue weighted by Gasteiger charge is -2.00. The van der Waals surface area contributed by atoms with E-state index in [-0.39, 0.29) is 5.82 Å². The first-order valence-electron chi connectivity index (χ1n) is 4.09. The van der Waals surface area contributed by atoms with Crippen LogP contribution >= 0.6 is 23.8 Å². The molecule has 2 N–H and O–H groups in total. The van der Waals surface area contributed by atoms with Crippen molar-refractivity contribution in [3.63, 3.8) is 0 Å². The summed E-state index contributed by atoms with van der Waals surface area (Å²) in [6.45, 7) is 0. The van der Waals surface area contributed by atoms with Crippen molar-refractivity contribution in [1.82, 2.24) is 10.7 Å². The van der Waals surface area contributed by atoms with Gasteiger partial charge in [-0.15, -0.1) is 0 Å². The number of halogens is 2. The van der Waals surface area contributed by atoms with E-state index in [1.807, 2.05) is 0 Å². The standard InChI is InChI=1S/C9H9ClFN3S/c1-12-9(15)14-13-5-6-2-3-7(11)4-8(6)10/h2-5H,1H3,(H2,12,14,15)/b13-5+. The zero-order valence-electron chi connectivity index (χ0n) is 7.92. The van der Waals surface area contributed by atoms with Gasteiger partial charge in [0.15, 0.2) is 5.11 Å². The smallest absolute Gasteiger partial charge is 0.186 e. The molecule has 0 aliphatic rings. The van der Waals surface area contributed by atoms with E-state index in [1.165, 1.54) is 24.4 Å². The maximum Gasteiger partial charge on any atom is 0.186 e. The Kier molecular flexibility index (Phi) is 4.45.